The highest BCUT2D eigenvalue weighted by Crippen LogP contribution is 2.03. The maximum absolute atomic E-state index is 12.5. The van der Waals surface area contributed by atoms with Crippen LogP contribution in [0.4, 0.5) is 0 Å². The molecule has 0 aliphatic rings. The highest BCUT2D eigenvalue weighted by Gasteiger charge is 2.32. The molecule has 14 heteroatoms. The lowest BCUT2D eigenvalue weighted by Crippen LogP contribution is -2.60. The van der Waals surface area contributed by atoms with Crippen molar-refractivity contribution >= 4 is 29.7 Å². The van der Waals surface area contributed by atoms with Crippen molar-refractivity contribution in [3.8, 4) is 0 Å². The van der Waals surface area contributed by atoms with E-state index in [0.717, 1.165) is 0 Å². The maximum atomic E-state index is 12.5. The molecule has 0 aromatic carbocycles. The number of rotatable bonds is 16. The first kappa shape index (κ1) is 29.2. The standard InChI is InChI=1S/C18H33N5O9/c1-9(25)14(23-15(28)10(20)5-6-13(26)27)17(30)22-12(8-24)16(29)21-11(18(31)32)4-2-3-7-19/h9-12,14,24-25H,2-8,19-20H2,1H3,(H,21,29)(H,22,30)(H,23,28)(H,26,27)(H,31,32). The normalized spacial score (nSPS) is 15.5. The molecule has 11 N–H and O–H groups in total. The van der Waals surface area contributed by atoms with E-state index in [2.05, 4.69) is 16.0 Å². The van der Waals surface area contributed by atoms with Gasteiger partial charge in [0.25, 0.3) is 0 Å². The second-order valence-electron chi connectivity index (χ2n) is 7.19. The SMILES string of the molecule is CC(O)C(NC(=O)C(N)CCC(=O)O)C(=O)NC(CO)C(=O)NC(CCCCN)C(=O)O. The van der Waals surface area contributed by atoms with Gasteiger partial charge in [0.05, 0.1) is 18.8 Å². The van der Waals surface area contributed by atoms with Crippen LogP contribution in [0, 0.1) is 0 Å². The molecule has 0 aromatic heterocycles. The fourth-order valence-electron chi connectivity index (χ4n) is 2.55. The first-order chi connectivity index (χ1) is 14.9. The molecule has 0 aromatic rings. The van der Waals surface area contributed by atoms with Crippen LogP contribution in [0.5, 0.6) is 0 Å². The van der Waals surface area contributed by atoms with Gasteiger partial charge in [-0.25, -0.2) is 4.79 Å². The highest BCUT2D eigenvalue weighted by molar-refractivity contribution is 5.94. The van der Waals surface area contributed by atoms with Gasteiger partial charge in [-0.15, -0.1) is 0 Å². The van der Waals surface area contributed by atoms with Gasteiger partial charge in [0, 0.05) is 6.42 Å². The number of aliphatic hydroxyl groups is 2. The van der Waals surface area contributed by atoms with Gasteiger partial charge in [0.15, 0.2) is 0 Å². The Bertz CT molecular complexity index is 659. The van der Waals surface area contributed by atoms with E-state index in [1.54, 1.807) is 0 Å². The molecule has 5 unspecified atom stereocenters. The first-order valence-corrected chi connectivity index (χ1v) is 10.0. The molecule has 184 valence electrons. The summed E-state index contributed by atoms with van der Waals surface area (Å²) in [5, 5.41) is 43.7. The molecule has 0 saturated heterocycles. The van der Waals surface area contributed by atoms with Gasteiger partial charge >= 0.3 is 11.9 Å². The number of carboxylic acid groups (broad SMARTS) is 2. The number of hydrogen-bond acceptors (Lipinski definition) is 9. The monoisotopic (exact) mass is 463 g/mol. The molecule has 0 rings (SSSR count). The van der Waals surface area contributed by atoms with E-state index in [1.165, 1.54) is 6.92 Å². The molecule has 0 aliphatic heterocycles. The van der Waals surface area contributed by atoms with Crippen molar-refractivity contribution in [2.75, 3.05) is 13.2 Å². The molecule has 0 saturated carbocycles. The summed E-state index contributed by atoms with van der Waals surface area (Å²) < 4.78 is 0. The molecule has 0 aliphatic carbocycles. The van der Waals surface area contributed by atoms with E-state index in [-0.39, 0.29) is 19.3 Å². The van der Waals surface area contributed by atoms with E-state index in [9.17, 15) is 39.3 Å². The van der Waals surface area contributed by atoms with Crippen molar-refractivity contribution in [3.05, 3.63) is 0 Å². The zero-order chi connectivity index (χ0) is 24.8. The molecule has 0 heterocycles. The number of aliphatic hydroxyl groups excluding tert-OH is 2. The van der Waals surface area contributed by atoms with Gasteiger partial charge < -0.3 is 47.8 Å². The Morgan fingerprint density at radius 3 is 1.94 bits per heavy atom. The minimum Gasteiger partial charge on any atom is -0.481 e. The molecule has 14 nitrogen and oxygen atoms in total. The van der Waals surface area contributed by atoms with Crippen molar-refractivity contribution in [1.29, 1.82) is 0 Å². The second kappa shape index (κ2) is 15.1. The first-order valence-electron chi connectivity index (χ1n) is 10.0. The number of carbonyl (C=O) groups is 5. The van der Waals surface area contributed by atoms with Crippen molar-refractivity contribution in [3.63, 3.8) is 0 Å². The van der Waals surface area contributed by atoms with Crippen LogP contribution in [0.3, 0.4) is 0 Å². The van der Waals surface area contributed by atoms with Crippen LogP contribution in [0.15, 0.2) is 0 Å². The van der Waals surface area contributed by atoms with E-state index >= 15 is 0 Å². The van der Waals surface area contributed by atoms with Gasteiger partial charge in [0.1, 0.15) is 18.1 Å². The Hall–Kier alpha value is -2.81. The number of nitrogens with two attached hydrogens (primary N) is 2. The fraction of sp³-hybridized carbons (Fsp3) is 0.722. The molecule has 0 spiro atoms. The molecule has 0 fully saturated rings. The number of unbranched alkanes of at least 4 members (excludes halogenated alkanes) is 1. The Morgan fingerprint density at radius 1 is 0.875 bits per heavy atom. The predicted octanol–water partition coefficient (Wildman–Crippen LogP) is -3.78. The van der Waals surface area contributed by atoms with Crippen LogP contribution in [0.25, 0.3) is 0 Å². The number of carbonyl (C=O) groups excluding carboxylic acids is 3. The van der Waals surface area contributed by atoms with E-state index in [0.29, 0.717) is 19.4 Å². The lowest BCUT2D eigenvalue weighted by atomic mass is 10.1. The lowest BCUT2D eigenvalue weighted by molar-refractivity contribution is -0.143. The van der Waals surface area contributed by atoms with Crippen LogP contribution in [0.1, 0.15) is 39.0 Å². The summed E-state index contributed by atoms with van der Waals surface area (Å²) in [6.45, 7) is 0.645. The number of nitrogens with one attached hydrogen (secondary N) is 3. The van der Waals surface area contributed by atoms with Crippen LogP contribution in [-0.2, 0) is 24.0 Å². The summed E-state index contributed by atoms with van der Waals surface area (Å²) in [5.41, 5.74) is 10.9. The van der Waals surface area contributed by atoms with Crippen LogP contribution in [-0.4, -0.2) is 93.5 Å². The average molecular weight is 463 g/mol. The van der Waals surface area contributed by atoms with E-state index in [4.69, 9.17) is 16.6 Å². The van der Waals surface area contributed by atoms with Gasteiger partial charge in [-0.05, 0) is 39.2 Å². The zero-order valence-corrected chi connectivity index (χ0v) is 17.8. The van der Waals surface area contributed by atoms with Crippen molar-refractivity contribution in [2.24, 2.45) is 11.5 Å². The third-order valence-corrected chi connectivity index (χ3v) is 4.45. The van der Waals surface area contributed by atoms with Gasteiger partial charge in [0.2, 0.25) is 17.7 Å². The second-order valence-corrected chi connectivity index (χ2v) is 7.19. The number of carboxylic acids is 2. The number of hydrogen-bond donors (Lipinski definition) is 9. The largest absolute Gasteiger partial charge is 0.481 e. The molecule has 32 heavy (non-hydrogen) atoms. The molecule has 0 radical (unpaired) electrons. The third-order valence-electron chi connectivity index (χ3n) is 4.45. The summed E-state index contributed by atoms with van der Waals surface area (Å²) in [7, 11) is 0. The molecule has 0 bridgehead atoms. The van der Waals surface area contributed by atoms with Crippen molar-refractivity contribution in [1.82, 2.24) is 16.0 Å². The molecular weight excluding hydrogens is 430 g/mol. The van der Waals surface area contributed by atoms with Gasteiger partial charge in [-0.3, -0.25) is 19.2 Å². The molecular formula is C18H33N5O9. The predicted molar refractivity (Wildman–Crippen MR) is 110 cm³/mol. The van der Waals surface area contributed by atoms with Gasteiger partial charge in [-0.1, -0.05) is 0 Å². The van der Waals surface area contributed by atoms with Crippen LogP contribution in [0.2, 0.25) is 0 Å². The Morgan fingerprint density at radius 2 is 1.47 bits per heavy atom. The minimum atomic E-state index is -1.57. The Balaban J connectivity index is 5.08. The lowest BCUT2D eigenvalue weighted by Gasteiger charge is -2.25. The average Bonchev–Trinajstić information content (AvgIpc) is 2.72. The maximum Gasteiger partial charge on any atom is 0.326 e. The summed E-state index contributed by atoms with van der Waals surface area (Å²) in [5.74, 6) is -5.39. The Kier molecular flexibility index (Phi) is 13.7. The van der Waals surface area contributed by atoms with Crippen molar-refractivity contribution in [2.45, 2.75) is 69.3 Å². The minimum absolute atomic E-state index is 0.0883. The van der Waals surface area contributed by atoms with Crippen LogP contribution < -0.4 is 27.4 Å². The molecule has 3 amide bonds. The Labute approximate surface area is 184 Å². The van der Waals surface area contributed by atoms with Gasteiger partial charge in [-0.2, -0.15) is 0 Å². The summed E-state index contributed by atoms with van der Waals surface area (Å²) in [4.78, 5) is 58.8. The fourth-order valence-corrected chi connectivity index (χ4v) is 2.55. The topological polar surface area (TPSA) is 254 Å². The van der Waals surface area contributed by atoms with Crippen molar-refractivity contribution < 1.29 is 44.4 Å². The third kappa shape index (κ3) is 11.0. The summed E-state index contributed by atoms with van der Waals surface area (Å²) >= 11 is 0. The number of aliphatic carboxylic acids is 2. The molecule has 5 atom stereocenters. The van der Waals surface area contributed by atoms with E-state index < -0.39 is 66.5 Å². The smallest absolute Gasteiger partial charge is 0.326 e. The summed E-state index contributed by atoms with van der Waals surface area (Å²) in [6.07, 6.45) is -0.964. The van der Waals surface area contributed by atoms with Crippen LogP contribution >= 0.6 is 0 Å². The quantitative estimate of drug-likeness (QED) is 0.100. The number of amides is 3. The highest BCUT2D eigenvalue weighted by atomic mass is 16.4. The summed E-state index contributed by atoms with van der Waals surface area (Å²) in [6, 6.07) is -5.65. The van der Waals surface area contributed by atoms with E-state index in [1.807, 2.05) is 0 Å². The zero-order valence-electron chi connectivity index (χ0n) is 17.8.